The van der Waals surface area contributed by atoms with Gasteiger partial charge in [0.1, 0.15) is 29.1 Å². The number of carboxylic acid groups (broad SMARTS) is 1. The maximum absolute atomic E-state index is 13.7. The van der Waals surface area contributed by atoms with Crippen molar-refractivity contribution in [1.82, 2.24) is 20.3 Å². The number of amides is 3. The first-order valence-corrected chi connectivity index (χ1v) is 14.1. The number of H-pyrrole nitrogens is 1. The van der Waals surface area contributed by atoms with Gasteiger partial charge in [-0.1, -0.05) is 72.8 Å². The van der Waals surface area contributed by atoms with Gasteiger partial charge in [0.2, 0.25) is 18.2 Å². The first kappa shape index (κ1) is 31.9. The molecule has 0 saturated carbocycles. The van der Waals surface area contributed by atoms with Gasteiger partial charge in [-0.25, -0.2) is 10.0 Å². The monoisotopic (exact) mass is 599 g/mol. The van der Waals surface area contributed by atoms with Gasteiger partial charge in [-0.3, -0.25) is 24.0 Å². The second-order valence-electron chi connectivity index (χ2n) is 12.0. The lowest BCUT2D eigenvalue weighted by Crippen LogP contribution is -2.59. The quantitative estimate of drug-likeness (QED) is 0.139. The van der Waals surface area contributed by atoms with Crippen LogP contribution in [0.25, 0.3) is 10.8 Å². The Hall–Kier alpha value is -5.03. The largest absolute Gasteiger partial charge is 0.480 e. The Morgan fingerprint density at radius 3 is 2.27 bits per heavy atom. The summed E-state index contributed by atoms with van der Waals surface area (Å²) >= 11 is 0. The van der Waals surface area contributed by atoms with Crippen molar-refractivity contribution in [2.24, 2.45) is 0 Å². The van der Waals surface area contributed by atoms with Gasteiger partial charge in [0.15, 0.2) is 0 Å². The highest BCUT2D eigenvalue weighted by atomic mass is 16.7. The summed E-state index contributed by atoms with van der Waals surface area (Å²) in [6.07, 6.45) is 1.89. The number of imidazole rings is 1. The van der Waals surface area contributed by atoms with Gasteiger partial charge < -0.3 is 20.7 Å². The number of aliphatic carboxylic acids is 1. The van der Waals surface area contributed by atoms with Crippen molar-refractivity contribution in [3.05, 3.63) is 95.9 Å². The number of aromatic nitrogens is 2. The fraction of sp³-hybridized carbons (Fsp3) is 0.303. The number of hydroxylamine groups is 2. The molecule has 3 amide bonds. The van der Waals surface area contributed by atoms with Gasteiger partial charge in [0.25, 0.3) is 0 Å². The van der Waals surface area contributed by atoms with E-state index in [9.17, 15) is 24.3 Å². The topological polar surface area (TPSA) is 154 Å². The average Bonchev–Trinajstić information content (AvgIpc) is 3.42. The summed E-state index contributed by atoms with van der Waals surface area (Å²) in [5.74, 6) is -3.07. The number of nitrogens with one attached hydrogen (secondary N) is 3. The Morgan fingerprint density at radius 1 is 0.977 bits per heavy atom. The Labute approximate surface area is 255 Å². The molecule has 230 valence electrons. The highest BCUT2D eigenvalue weighted by molar-refractivity contribution is 5.98. The lowest BCUT2D eigenvalue weighted by Gasteiger charge is -2.37. The molecule has 1 aromatic heterocycles. The van der Waals surface area contributed by atoms with Gasteiger partial charge in [-0.2, -0.15) is 0 Å². The molecule has 0 bridgehead atoms. The summed E-state index contributed by atoms with van der Waals surface area (Å²) in [7, 11) is 0. The second kappa shape index (κ2) is 13.1. The van der Waals surface area contributed by atoms with E-state index in [0.29, 0.717) is 12.0 Å². The predicted molar refractivity (Wildman–Crippen MR) is 166 cm³/mol. The van der Waals surface area contributed by atoms with Crippen LogP contribution in [0.1, 0.15) is 57.5 Å². The Morgan fingerprint density at radius 2 is 1.64 bits per heavy atom. The molecule has 0 aliphatic rings. The van der Waals surface area contributed by atoms with Crippen molar-refractivity contribution < 1.29 is 29.1 Å². The molecule has 1 heterocycles. The number of carboxylic acids is 1. The van der Waals surface area contributed by atoms with Crippen LogP contribution in [0.5, 0.6) is 0 Å². The number of fused-ring (bicyclic) bond motifs is 1. The molecule has 1 unspecified atom stereocenters. The fourth-order valence-electron chi connectivity index (χ4n) is 4.64. The average molecular weight is 600 g/mol. The fourth-order valence-corrected chi connectivity index (χ4v) is 4.64. The van der Waals surface area contributed by atoms with Crippen LogP contribution >= 0.6 is 0 Å². The van der Waals surface area contributed by atoms with E-state index in [1.807, 2.05) is 42.5 Å². The van der Waals surface area contributed by atoms with Crippen molar-refractivity contribution in [2.75, 3.05) is 5.32 Å². The van der Waals surface area contributed by atoms with Crippen molar-refractivity contribution in [1.29, 1.82) is 0 Å². The summed E-state index contributed by atoms with van der Waals surface area (Å²) in [4.78, 5) is 64.1. The molecule has 11 nitrogen and oxygen atoms in total. The zero-order valence-corrected chi connectivity index (χ0v) is 25.3. The van der Waals surface area contributed by atoms with Crippen LogP contribution < -0.4 is 10.6 Å². The van der Waals surface area contributed by atoms with Crippen molar-refractivity contribution in [3.63, 3.8) is 0 Å². The maximum Gasteiger partial charge on any atom is 0.318 e. The van der Waals surface area contributed by atoms with E-state index in [1.165, 1.54) is 20.0 Å². The number of carbonyl (C=O) groups is 4. The summed E-state index contributed by atoms with van der Waals surface area (Å²) in [5.41, 5.74) is -0.914. The maximum atomic E-state index is 13.7. The highest BCUT2D eigenvalue weighted by Crippen LogP contribution is 2.24. The molecule has 3 aromatic carbocycles. The molecule has 2 atom stereocenters. The minimum atomic E-state index is -1.47. The predicted octanol–water partition coefficient (Wildman–Crippen LogP) is 4.41. The lowest BCUT2D eigenvalue weighted by molar-refractivity contribution is -0.247. The molecule has 4 N–H and O–H groups in total. The third-order valence-electron chi connectivity index (χ3n) is 6.96. The molecule has 0 aliphatic carbocycles. The molecule has 0 radical (unpaired) electrons. The third kappa shape index (κ3) is 7.67. The van der Waals surface area contributed by atoms with E-state index >= 15 is 0 Å². The van der Waals surface area contributed by atoms with Crippen LogP contribution in [0.4, 0.5) is 5.82 Å². The normalized spacial score (nSPS) is 13.1. The number of carbonyl (C=O) groups excluding carboxylic acids is 3. The van der Waals surface area contributed by atoms with E-state index in [-0.39, 0.29) is 18.1 Å². The van der Waals surface area contributed by atoms with Crippen molar-refractivity contribution in [3.8, 4) is 0 Å². The van der Waals surface area contributed by atoms with Crippen LogP contribution in [0.15, 0.2) is 79.0 Å². The molecule has 0 aliphatic heterocycles. The number of hydrogen-bond donors (Lipinski definition) is 4. The summed E-state index contributed by atoms with van der Waals surface area (Å²) < 4.78 is 0. The van der Waals surface area contributed by atoms with Crippen LogP contribution in [0.2, 0.25) is 0 Å². The summed E-state index contributed by atoms with van der Waals surface area (Å²) in [6.45, 7) is 8.28. The molecule has 11 heteroatoms. The van der Waals surface area contributed by atoms with E-state index in [0.717, 1.165) is 21.4 Å². The van der Waals surface area contributed by atoms with Gasteiger partial charge in [-0.15, -0.1) is 0 Å². The summed E-state index contributed by atoms with van der Waals surface area (Å²) in [5, 5.41) is 18.3. The number of hydrogen-bond acceptors (Lipinski definition) is 6. The van der Waals surface area contributed by atoms with Gasteiger partial charge in [-0.05, 0) is 56.5 Å². The second-order valence-corrected chi connectivity index (χ2v) is 12.0. The van der Waals surface area contributed by atoms with Crippen LogP contribution in [-0.4, -0.2) is 61.5 Å². The third-order valence-corrected chi connectivity index (χ3v) is 6.96. The van der Waals surface area contributed by atoms with Crippen molar-refractivity contribution in [2.45, 2.75) is 64.1 Å². The van der Waals surface area contributed by atoms with Crippen LogP contribution in [0, 0.1) is 0 Å². The molecular weight excluding hydrogens is 562 g/mol. The van der Waals surface area contributed by atoms with E-state index in [4.69, 9.17) is 4.84 Å². The molecule has 0 saturated heterocycles. The molecule has 0 fully saturated rings. The van der Waals surface area contributed by atoms with E-state index in [1.54, 1.807) is 51.1 Å². The number of nitrogens with zero attached hydrogens (tertiary/aromatic N) is 2. The van der Waals surface area contributed by atoms with Crippen molar-refractivity contribution >= 4 is 40.8 Å². The van der Waals surface area contributed by atoms with E-state index < -0.39 is 40.9 Å². The van der Waals surface area contributed by atoms with Gasteiger partial charge >= 0.3 is 5.97 Å². The Balaban J connectivity index is 1.60. The zero-order valence-electron chi connectivity index (χ0n) is 25.3. The van der Waals surface area contributed by atoms with E-state index in [2.05, 4.69) is 20.6 Å². The Kier molecular flexibility index (Phi) is 9.49. The standard InChI is InChI=1S/C33H37N5O6/c1-32(2,3)44-38(20-39)33(4,5)31(43)35-25(18-21-15-16-22-11-9-10-14-24(22)17-21)29(40)37-26-19-34-28(36-26)27(30(41)42)23-12-7-6-8-13-23/h6-17,19-20,25,27H,18H2,1-5H3,(H,34,36)(H,35,43)(H,37,40)(H,41,42)/t25-,27?/m1/s1. The first-order valence-electron chi connectivity index (χ1n) is 14.1. The zero-order chi connectivity index (χ0) is 32.1. The summed E-state index contributed by atoms with van der Waals surface area (Å²) in [6, 6.07) is 21.1. The number of aromatic amines is 1. The molecule has 44 heavy (non-hydrogen) atoms. The smallest absolute Gasteiger partial charge is 0.318 e. The first-order chi connectivity index (χ1) is 20.8. The highest BCUT2D eigenvalue weighted by Gasteiger charge is 2.39. The number of rotatable bonds is 12. The minimum Gasteiger partial charge on any atom is -0.480 e. The molecular formula is C33H37N5O6. The number of anilines is 1. The molecule has 0 spiro atoms. The van der Waals surface area contributed by atoms with Gasteiger partial charge in [0, 0.05) is 6.42 Å². The van der Waals surface area contributed by atoms with Gasteiger partial charge in [0.05, 0.1) is 11.8 Å². The molecule has 4 rings (SSSR count). The lowest BCUT2D eigenvalue weighted by atomic mass is 9.99. The minimum absolute atomic E-state index is 0.127. The SMILES string of the molecule is CC(C)(C)ON(C=O)C(C)(C)C(=O)N[C@H](Cc1ccc2ccccc2c1)C(=O)Nc1cnc(C(C(=O)O)c2ccccc2)[nH]1. The number of benzene rings is 3. The molecule has 4 aromatic rings. The van der Waals surface area contributed by atoms with Crippen LogP contribution in [-0.2, 0) is 30.4 Å². The Bertz CT molecular complexity index is 1640. The van der Waals surface area contributed by atoms with Crippen LogP contribution in [0.3, 0.4) is 0 Å².